The number of anilines is 1. The number of amides is 1. The number of carbonyl (C=O) groups is 2. The highest BCUT2D eigenvalue weighted by atomic mass is 35.5. The molecule has 1 atom stereocenters. The minimum atomic E-state index is -0.824. The number of allylic oxidation sites excluding steroid dienone is 2. The van der Waals surface area contributed by atoms with Crippen LogP contribution < -0.4 is 16.4 Å². The first-order valence-electron chi connectivity index (χ1n) is 9.96. The molecule has 2 aromatic rings. The molecule has 1 aliphatic heterocycles. The van der Waals surface area contributed by atoms with Crippen molar-refractivity contribution in [2.24, 2.45) is 16.9 Å². The Kier molecular flexibility index (Phi) is 5.13. The van der Waals surface area contributed by atoms with Crippen LogP contribution in [0.2, 0.25) is 5.02 Å². The van der Waals surface area contributed by atoms with Crippen molar-refractivity contribution in [1.82, 2.24) is 0 Å². The molecule has 7 heteroatoms. The molecule has 31 heavy (non-hydrogen) atoms. The van der Waals surface area contributed by atoms with Crippen molar-refractivity contribution in [2.45, 2.75) is 32.6 Å². The van der Waals surface area contributed by atoms with Crippen molar-refractivity contribution >= 4 is 29.0 Å². The molecule has 0 fully saturated rings. The van der Waals surface area contributed by atoms with Gasteiger partial charge < -0.3 is 11.5 Å². The maximum absolute atomic E-state index is 14.1. The summed E-state index contributed by atoms with van der Waals surface area (Å²) in [6.07, 6.45) is 0.854. The number of primary amides is 1. The van der Waals surface area contributed by atoms with Crippen LogP contribution in [0.25, 0.3) is 0 Å². The molecule has 0 radical (unpaired) electrons. The number of hydrogen-bond donors (Lipinski definition) is 2. The second-order valence-corrected chi connectivity index (χ2v) is 9.20. The van der Waals surface area contributed by atoms with Gasteiger partial charge in [0.25, 0.3) is 0 Å². The molecule has 0 bridgehead atoms. The summed E-state index contributed by atoms with van der Waals surface area (Å²) >= 11 is 6.05. The summed E-state index contributed by atoms with van der Waals surface area (Å²) in [5.74, 6) is -2.02. The number of ketones is 1. The molecular formula is C24H23ClFN3O2. The second kappa shape index (κ2) is 7.54. The maximum atomic E-state index is 14.1. The van der Waals surface area contributed by atoms with Crippen LogP contribution in [0.5, 0.6) is 0 Å². The van der Waals surface area contributed by atoms with Crippen LogP contribution in [0.3, 0.4) is 0 Å². The van der Waals surface area contributed by atoms with Gasteiger partial charge in [-0.15, -0.1) is 0 Å². The van der Waals surface area contributed by atoms with Crippen LogP contribution in [0.1, 0.15) is 38.2 Å². The summed E-state index contributed by atoms with van der Waals surface area (Å²) in [5.41, 5.74) is 14.3. The van der Waals surface area contributed by atoms with Crippen LogP contribution in [0.15, 0.2) is 71.2 Å². The molecule has 4 N–H and O–H groups in total. The molecule has 1 heterocycles. The third-order valence-electron chi connectivity index (χ3n) is 5.79. The van der Waals surface area contributed by atoms with Gasteiger partial charge >= 0.3 is 0 Å². The van der Waals surface area contributed by atoms with E-state index in [1.807, 2.05) is 13.8 Å². The molecule has 2 aromatic carbocycles. The van der Waals surface area contributed by atoms with E-state index in [0.717, 1.165) is 0 Å². The highest BCUT2D eigenvalue weighted by molar-refractivity contribution is 6.30. The Morgan fingerprint density at radius 1 is 1.16 bits per heavy atom. The molecule has 2 aliphatic rings. The molecule has 1 unspecified atom stereocenters. The van der Waals surface area contributed by atoms with E-state index in [1.165, 1.54) is 12.1 Å². The van der Waals surface area contributed by atoms with Crippen molar-refractivity contribution in [3.63, 3.8) is 0 Å². The van der Waals surface area contributed by atoms with Gasteiger partial charge in [-0.05, 0) is 53.8 Å². The zero-order valence-electron chi connectivity index (χ0n) is 17.3. The largest absolute Gasteiger partial charge is 0.384 e. The summed E-state index contributed by atoms with van der Waals surface area (Å²) in [5, 5.41) is 0.547. The van der Waals surface area contributed by atoms with Crippen LogP contribution in [-0.4, -0.2) is 11.7 Å². The zero-order valence-corrected chi connectivity index (χ0v) is 18.0. The minimum absolute atomic E-state index is 0.0763. The predicted molar refractivity (Wildman–Crippen MR) is 119 cm³/mol. The summed E-state index contributed by atoms with van der Waals surface area (Å²) in [4.78, 5) is 27.7. The molecule has 1 amide bonds. The van der Waals surface area contributed by atoms with Gasteiger partial charge in [-0.2, -0.15) is 0 Å². The molecule has 160 valence electrons. The van der Waals surface area contributed by atoms with Crippen LogP contribution >= 0.6 is 11.6 Å². The van der Waals surface area contributed by atoms with E-state index in [2.05, 4.69) is 0 Å². The highest BCUT2D eigenvalue weighted by Gasteiger charge is 2.45. The van der Waals surface area contributed by atoms with E-state index < -0.39 is 17.6 Å². The first-order valence-corrected chi connectivity index (χ1v) is 10.3. The summed E-state index contributed by atoms with van der Waals surface area (Å²) < 4.78 is 14.1. The Hall–Kier alpha value is -3.12. The van der Waals surface area contributed by atoms with E-state index in [4.69, 9.17) is 23.1 Å². The number of carbonyl (C=O) groups excluding carboxylic acids is 2. The lowest BCUT2D eigenvalue weighted by Crippen LogP contribution is -2.44. The van der Waals surface area contributed by atoms with E-state index >= 15 is 0 Å². The van der Waals surface area contributed by atoms with Crippen molar-refractivity contribution in [2.75, 3.05) is 4.90 Å². The Bertz CT molecular complexity index is 1150. The van der Waals surface area contributed by atoms with Gasteiger partial charge in [0.1, 0.15) is 11.6 Å². The van der Waals surface area contributed by atoms with Gasteiger partial charge in [-0.3, -0.25) is 14.5 Å². The van der Waals surface area contributed by atoms with Crippen molar-refractivity contribution in [1.29, 1.82) is 0 Å². The first-order chi connectivity index (χ1) is 14.6. The minimum Gasteiger partial charge on any atom is -0.384 e. The second-order valence-electron chi connectivity index (χ2n) is 8.76. The normalized spacial score (nSPS) is 20.7. The third-order valence-corrected chi connectivity index (χ3v) is 6.04. The van der Waals surface area contributed by atoms with Gasteiger partial charge in [0.2, 0.25) is 5.91 Å². The molecule has 4 rings (SSSR count). The van der Waals surface area contributed by atoms with Crippen LogP contribution in [0, 0.1) is 11.2 Å². The molecule has 5 nitrogen and oxygen atoms in total. The lowest BCUT2D eigenvalue weighted by Gasteiger charge is -2.44. The van der Waals surface area contributed by atoms with E-state index in [0.29, 0.717) is 40.4 Å². The summed E-state index contributed by atoms with van der Waals surface area (Å²) in [6, 6.07) is 12.8. The van der Waals surface area contributed by atoms with Gasteiger partial charge in [0, 0.05) is 34.3 Å². The fraction of sp³-hybridized carbons (Fsp3) is 0.250. The van der Waals surface area contributed by atoms with E-state index in [-0.39, 0.29) is 22.6 Å². The third kappa shape index (κ3) is 3.72. The van der Waals surface area contributed by atoms with Crippen molar-refractivity contribution < 1.29 is 14.0 Å². The van der Waals surface area contributed by atoms with Gasteiger partial charge in [-0.1, -0.05) is 37.6 Å². The Morgan fingerprint density at radius 2 is 1.84 bits per heavy atom. The fourth-order valence-corrected chi connectivity index (χ4v) is 4.69. The van der Waals surface area contributed by atoms with Gasteiger partial charge in [0.15, 0.2) is 5.78 Å². The molecule has 0 spiro atoms. The Labute approximate surface area is 185 Å². The molecule has 0 saturated heterocycles. The van der Waals surface area contributed by atoms with E-state index in [9.17, 15) is 14.0 Å². The van der Waals surface area contributed by atoms with Crippen LogP contribution in [0.4, 0.5) is 10.1 Å². The van der Waals surface area contributed by atoms with Gasteiger partial charge in [0.05, 0.1) is 5.57 Å². The predicted octanol–water partition coefficient (Wildman–Crippen LogP) is 4.38. The standard InChI is InChI=1S/C24H23ClFN3O2/c1-24(2)11-17-20(18(30)12-24)19(13-4-3-5-15(26)10-13)21(23(28)31)22(27)29(17)16-8-6-14(25)7-9-16/h3-10,19H,11-12,27H2,1-2H3,(H2,28,31). The quantitative estimate of drug-likeness (QED) is 0.742. The number of nitrogens with zero attached hydrogens (tertiary/aromatic N) is 1. The van der Waals surface area contributed by atoms with Crippen LogP contribution in [-0.2, 0) is 9.59 Å². The molecule has 1 aliphatic carbocycles. The number of hydrogen-bond acceptors (Lipinski definition) is 4. The monoisotopic (exact) mass is 439 g/mol. The summed E-state index contributed by atoms with van der Waals surface area (Å²) in [7, 11) is 0. The first kappa shape index (κ1) is 21.1. The average molecular weight is 440 g/mol. The Morgan fingerprint density at radius 3 is 2.45 bits per heavy atom. The number of rotatable bonds is 3. The number of Topliss-reactive ketones (excluding diaryl/α,β-unsaturated/α-hetero) is 1. The lowest BCUT2D eigenvalue weighted by molar-refractivity contribution is -0.118. The number of halogens is 2. The van der Waals surface area contributed by atoms with Crippen molar-refractivity contribution in [3.8, 4) is 0 Å². The smallest absolute Gasteiger partial charge is 0.249 e. The SMILES string of the molecule is CC1(C)CC(=O)C2=C(C1)N(c1ccc(Cl)cc1)C(N)=C(C(N)=O)C2c1cccc(F)c1. The van der Waals surface area contributed by atoms with E-state index in [1.54, 1.807) is 41.3 Å². The molecular weight excluding hydrogens is 417 g/mol. The molecule has 0 aromatic heterocycles. The number of nitrogens with two attached hydrogens (primary N) is 2. The zero-order chi connectivity index (χ0) is 22.5. The fourth-order valence-electron chi connectivity index (χ4n) is 4.56. The lowest BCUT2D eigenvalue weighted by atomic mass is 9.68. The maximum Gasteiger partial charge on any atom is 0.249 e. The average Bonchev–Trinajstić information content (AvgIpc) is 2.67. The Balaban J connectivity index is 2.03. The number of benzene rings is 2. The highest BCUT2D eigenvalue weighted by Crippen LogP contribution is 2.50. The topological polar surface area (TPSA) is 89.4 Å². The molecule has 0 saturated carbocycles. The van der Waals surface area contributed by atoms with Crippen molar-refractivity contribution in [3.05, 3.63) is 87.6 Å². The summed E-state index contributed by atoms with van der Waals surface area (Å²) in [6.45, 7) is 4.02. The van der Waals surface area contributed by atoms with Gasteiger partial charge in [-0.25, -0.2) is 4.39 Å².